The lowest BCUT2D eigenvalue weighted by atomic mass is 9.91. The van der Waals surface area contributed by atoms with Gasteiger partial charge in [0.2, 0.25) is 0 Å². The van der Waals surface area contributed by atoms with Crippen molar-refractivity contribution < 1.29 is 9.90 Å². The number of carbonyl (C=O) groups excluding carboxylic acids is 1. The number of nitrogens with zero attached hydrogens (tertiary/aromatic N) is 1. The first-order chi connectivity index (χ1) is 5.88. The van der Waals surface area contributed by atoms with E-state index in [1.807, 2.05) is 0 Å². The molecular formula is C9H17NO2. The van der Waals surface area contributed by atoms with E-state index in [2.05, 4.69) is 4.90 Å². The number of carbonyl (C=O) groups is 1. The van der Waals surface area contributed by atoms with Crippen LogP contribution in [0.3, 0.4) is 0 Å². The minimum Gasteiger partial charge on any atom is -0.395 e. The van der Waals surface area contributed by atoms with Gasteiger partial charge in [-0.1, -0.05) is 6.42 Å². The van der Waals surface area contributed by atoms with E-state index >= 15 is 0 Å². The van der Waals surface area contributed by atoms with Crippen molar-refractivity contribution in [1.82, 2.24) is 4.90 Å². The monoisotopic (exact) mass is 171 g/mol. The Kier molecular flexibility index (Phi) is 4.25. The molecule has 1 saturated carbocycles. The molecule has 3 heteroatoms. The second-order valence-electron chi connectivity index (χ2n) is 3.30. The van der Waals surface area contributed by atoms with E-state index in [0.717, 1.165) is 19.4 Å². The third kappa shape index (κ3) is 2.57. The Bertz CT molecular complexity index is 134. The quantitative estimate of drug-likeness (QED) is 0.589. The van der Waals surface area contributed by atoms with E-state index in [1.54, 1.807) is 0 Å². The van der Waals surface area contributed by atoms with E-state index in [9.17, 15) is 4.79 Å². The van der Waals surface area contributed by atoms with Crippen molar-refractivity contribution in [3.63, 3.8) is 0 Å². The summed E-state index contributed by atoms with van der Waals surface area (Å²) in [7, 11) is 0. The molecule has 0 heterocycles. The average molecular weight is 171 g/mol. The Morgan fingerprint density at radius 3 is 2.58 bits per heavy atom. The van der Waals surface area contributed by atoms with Crippen molar-refractivity contribution in [1.29, 1.82) is 0 Å². The Morgan fingerprint density at radius 1 is 1.42 bits per heavy atom. The lowest BCUT2D eigenvalue weighted by Gasteiger charge is -2.36. The van der Waals surface area contributed by atoms with Crippen LogP contribution in [0.1, 0.15) is 25.7 Å². The van der Waals surface area contributed by atoms with Gasteiger partial charge in [-0.2, -0.15) is 0 Å². The number of rotatable bonds is 6. The second-order valence-corrected chi connectivity index (χ2v) is 3.30. The molecule has 0 saturated heterocycles. The largest absolute Gasteiger partial charge is 0.395 e. The molecule has 1 aliphatic rings. The van der Waals surface area contributed by atoms with Crippen LogP contribution < -0.4 is 0 Å². The Hall–Kier alpha value is -0.410. The zero-order chi connectivity index (χ0) is 8.81. The summed E-state index contributed by atoms with van der Waals surface area (Å²) in [5.74, 6) is 0. The number of hydrogen-bond acceptors (Lipinski definition) is 3. The normalized spacial score (nSPS) is 17.8. The predicted molar refractivity (Wildman–Crippen MR) is 47.0 cm³/mol. The molecular weight excluding hydrogens is 154 g/mol. The number of aliphatic hydroxyl groups is 1. The van der Waals surface area contributed by atoms with Crippen molar-refractivity contribution in [2.45, 2.75) is 31.7 Å². The zero-order valence-corrected chi connectivity index (χ0v) is 7.41. The van der Waals surface area contributed by atoms with Gasteiger partial charge in [-0.05, 0) is 12.8 Å². The molecule has 3 nitrogen and oxygen atoms in total. The van der Waals surface area contributed by atoms with Gasteiger partial charge in [-0.15, -0.1) is 0 Å². The molecule has 0 aliphatic heterocycles. The highest BCUT2D eigenvalue weighted by Gasteiger charge is 2.23. The Morgan fingerprint density at radius 2 is 2.17 bits per heavy atom. The van der Waals surface area contributed by atoms with Gasteiger partial charge >= 0.3 is 0 Å². The molecule has 0 aromatic rings. The topological polar surface area (TPSA) is 40.5 Å². The van der Waals surface area contributed by atoms with Crippen LogP contribution in [-0.2, 0) is 4.79 Å². The third-order valence-corrected chi connectivity index (χ3v) is 2.51. The first kappa shape index (κ1) is 9.68. The van der Waals surface area contributed by atoms with Crippen molar-refractivity contribution in [3.05, 3.63) is 0 Å². The van der Waals surface area contributed by atoms with Gasteiger partial charge in [0.05, 0.1) is 6.61 Å². The molecule has 0 bridgehead atoms. The number of aliphatic hydroxyl groups excluding tert-OH is 1. The number of hydrogen-bond donors (Lipinski definition) is 1. The molecule has 1 aliphatic carbocycles. The Labute approximate surface area is 73.4 Å². The number of aldehydes is 1. The lowest BCUT2D eigenvalue weighted by Crippen LogP contribution is -2.42. The standard InChI is InChI=1S/C9H17NO2/c11-7-2-5-10(6-8-12)9-3-1-4-9/h7,9,12H,1-6,8H2. The molecule has 0 aromatic heterocycles. The molecule has 0 unspecified atom stereocenters. The van der Waals surface area contributed by atoms with E-state index in [4.69, 9.17) is 5.11 Å². The van der Waals surface area contributed by atoms with Crippen LogP contribution >= 0.6 is 0 Å². The summed E-state index contributed by atoms with van der Waals surface area (Å²) in [5.41, 5.74) is 0. The molecule has 0 aromatic carbocycles. The summed E-state index contributed by atoms with van der Waals surface area (Å²) in [6, 6.07) is 0.636. The van der Waals surface area contributed by atoms with E-state index in [0.29, 0.717) is 12.5 Å². The minimum atomic E-state index is 0.204. The second kappa shape index (κ2) is 5.27. The maximum Gasteiger partial charge on any atom is 0.121 e. The average Bonchev–Trinajstić information content (AvgIpc) is 1.97. The highest BCUT2D eigenvalue weighted by atomic mass is 16.3. The summed E-state index contributed by atoms with van der Waals surface area (Å²) >= 11 is 0. The fourth-order valence-corrected chi connectivity index (χ4v) is 1.58. The van der Waals surface area contributed by atoms with E-state index < -0.39 is 0 Å². The van der Waals surface area contributed by atoms with Crippen LogP contribution in [0.15, 0.2) is 0 Å². The van der Waals surface area contributed by atoms with Crippen molar-refractivity contribution in [2.75, 3.05) is 19.7 Å². The summed E-state index contributed by atoms with van der Waals surface area (Å²) in [6.45, 7) is 1.74. The van der Waals surface area contributed by atoms with Crippen molar-refractivity contribution in [3.8, 4) is 0 Å². The SMILES string of the molecule is O=CCCN(CCO)C1CCC1. The summed E-state index contributed by atoms with van der Waals surface area (Å²) in [6.07, 6.45) is 5.31. The smallest absolute Gasteiger partial charge is 0.121 e. The Balaban J connectivity index is 2.21. The van der Waals surface area contributed by atoms with Gasteiger partial charge in [-0.3, -0.25) is 4.90 Å². The summed E-state index contributed by atoms with van der Waals surface area (Å²) in [4.78, 5) is 12.4. The molecule has 0 amide bonds. The molecule has 0 spiro atoms. The lowest BCUT2D eigenvalue weighted by molar-refractivity contribution is -0.108. The van der Waals surface area contributed by atoms with Crippen LogP contribution in [0.25, 0.3) is 0 Å². The van der Waals surface area contributed by atoms with Crippen LogP contribution in [-0.4, -0.2) is 42.0 Å². The zero-order valence-electron chi connectivity index (χ0n) is 7.41. The van der Waals surface area contributed by atoms with E-state index in [1.165, 1.54) is 19.3 Å². The molecule has 1 rings (SSSR count). The molecule has 70 valence electrons. The molecule has 12 heavy (non-hydrogen) atoms. The molecule has 0 radical (unpaired) electrons. The highest BCUT2D eigenvalue weighted by molar-refractivity contribution is 5.49. The maximum atomic E-state index is 10.2. The van der Waals surface area contributed by atoms with Crippen LogP contribution in [0.4, 0.5) is 0 Å². The molecule has 1 N–H and O–H groups in total. The maximum absolute atomic E-state index is 10.2. The van der Waals surface area contributed by atoms with Crippen molar-refractivity contribution in [2.24, 2.45) is 0 Å². The molecule has 1 fully saturated rings. The summed E-state index contributed by atoms with van der Waals surface area (Å²) in [5, 5.41) is 8.77. The van der Waals surface area contributed by atoms with Gasteiger partial charge in [0.1, 0.15) is 6.29 Å². The van der Waals surface area contributed by atoms with Crippen LogP contribution in [0.5, 0.6) is 0 Å². The van der Waals surface area contributed by atoms with Gasteiger partial charge in [0.25, 0.3) is 0 Å². The van der Waals surface area contributed by atoms with Gasteiger partial charge in [0.15, 0.2) is 0 Å². The first-order valence-corrected chi connectivity index (χ1v) is 4.67. The van der Waals surface area contributed by atoms with Crippen LogP contribution in [0, 0.1) is 0 Å². The minimum absolute atomic E-state index is 0.204. The van der Waals surface area contributed by atoms with Gasteiger partial charge < -0.3 is 9.90 Å². The fraction of sp³-hybridized carbons (Fsp3) is 0.889. The molecule has 0 atom stereocenters. The van der Waals surface area contributed by atoms with Gasteiger partial charge in [-0.25, -0.2) is 0 Å². The van der Waals surface area contributed by atoms with Gasteiger partial charge in [0, 0.05) is 25.6 Å². The fourth-order valence-electron chi connectivity index (χ4n) is 1.58. The van der Waals surface area contributed by atoms with Crippen LogP contribution in [0.2, 0.25) is 0 Å². The first-order valence-electron chi connectivity index (χ1n) is 4.67. The van der Waals surface area contributed by atoms with Crippen molar-refractivity contribution >= 4 is 6.29 Å². The van der Waals surface area contributed by atoms with E-state index in [-0.39, 0.29) is 6.61 Å². The highest BCUT2D eigenvalue weighted by Crippen LogP contribution is 2.24. The third-order valence-electron chi connectivity index (χ3n) is 2.51. The predicted octanol–water partition coefficient (Wildman–Crippen LogP) is 0.422. The summed E-state index contributed by atoms with van der Waals surface area (Å²) < 4.78 is 0.